The second kappa shape index (κ2) is 7.64. The predicted molar refractivity (Wildman–Crippen MR) is 54.6 cm³/mol. The summed E-state index contributed by atoms with van der Waals surface area (Å²) in [6.45, 7) is 3.78. The number of hydrogen-bond acceptors (Lipinski definition) is 4. The minimum absolute atomic E-state index is 0.127. The van der Waals surface area contributed by atoms with Crippen LogP contribution in [0, 0.1) is 11.3 Å². The number of nitrogens with one attached hydrogen (secondary N) is 1. The van der Waals surface area contributed by atoms with Gasteiger partial charge in [0.1, 0.15) is 6.29 Å². The molecule has 4 nitrogen and oxygen atoms in total. The summed E-state index contributed by atoms with van der Waals surface area (Å²) < 4.78 is 10.6. The number of ether oxygens (including phenoxy) is 2. The highest BCUT2D eigenvalue weighted by Crippen LogP contribution is 2.13. The van der Waals surface area contributed by atoms with Gasteiger partial charge in [-0.15, -0.1) is 0 Å². The maximum atomic E-state index is 10.6. The third-order valence-corrected chi connectivity index (χ3v) is 2.10. The molecule has 0 heterocycles. The molecule has 1 N–H and O–H groups in total. The Labute approximate surface area is 85.1 Å². The van der Waals surface area contributed by atoms with Crippen LogP contribution in [-0.2, 0) is 14.3 Å². The fraction of sp³-hybridized carbons (Fsp3) is 0.800. The Morgan fingerprint density at radius 3 is 2.50 bits per heavy atom. The number of rotatable bonds is 8. The van der Waals surface area contributed by atoms with Crippen LogP contribution in [0.2, 0.25) is 0 Å². The van der Waals surface area contributed by atoms with Crippen LogP contribution in [0.3, 0.4) is 0 Å². The summed E-state index contributed by atoms with van der Waals surface area (Å²) in [5.74, 6) is -0.136. The topological polar surface area (TPSA) is 59.4 Å². The first-order valence-corrected chi connectivity index (χ1v) is 4.82. The van der Waals surface area contributed by atoms with Crippen molar-refractivity contribution in [3.63, 3.8) is 0 Å². The van der Waals surface area contributed by atoms with Gasteiger partial charge in [-0.05, 0) is 6.42 Å². The Hall–Kier alpha value is -0.740. The maximum Gasteiger partial charge on any atom is 0.162 e. The fourth-order valence-electron chi connectivity index (χ4n) is 1.18. The minimum Gasteiger partial charge on any atom is -0.355 e. The van der Waals surface area contributed by atoms with E-state index in [1.807, 2.05) is 13.8 Å². The minimum atomic E-state index is -0.417. The Morgan fingerprint density at radius 2 is 2.14 bits per heavy atom. The van der Waals surface area contributed by atoms with Gasteiger partial charge in [0.25, 0.3) is 0 Å². The van der Waals surface area contributed by atoms with E-state index in [1.54, 1.807) is 0 Å². The molecule has 0 spiro atoms. The fourth-order valence-corrected chi connectivity index (χ4v) is 1.18. The van der Waals surface area contributed by atoms with Crippen LogP contribution in [0.4, 0.5) is 0 Å². The molecule has 0 aliphatic heterocycles. The van der Waals surface area contributed by atoms with Gasteiger partial charge in [-0.3, -0.25) is 0 Å². The lowest BCUT2D eigenvalue weighted by atomic mass is 10.0. The van der Waals surface area contributed by atoms with Gasteiger partial charge < -0.3 is 19.7 Å². The number of hydrogen-bond donors (Lipinski definition) is 1. The van der Waals surface area contributed by atoms with Gasteiger partial charge >= 0.3 is 0 Å². The van der Waals surface area contributed by atoms with Gasteiger partial charge in [0.05, 0.1) is 6.10 Å². The van der Waals surface area contributed by atoms with Crippen LogP contribution < -0.4 is 0 Å². The molecule has 0 saturated carbocycles. The molecule has 0 radical (unpaired) electrons. The van der Waals surface area contributed by atoms with Crippen molar-refractivity contribution in [3.05, 3.63) is 0 Å². The van der Waals surface area contributed by atoms with Gasteiger partial charge in [0, 0.05) is 25.7 Å². The zero-order valence-electron chi connectivity index (χ0n) is 9.03. The van der Waals surface area contributed by atoms with E-state index in [4.69, 9.17) is 14.9 Å². The molecule has 82 valence electrons. The number of carbonyl (C=O) groups is 1. The van der Waals surface area contributed by atoms with Gasteiger partial charge in [0.2, 0.25) is 0 Å². The first-order chi connectivity index (χ1) is 6.69. The zero-order chi connectivity index (χ0) is 11.0. The van der Waals surface area contributed by atoms with Crippen molar-refractivity contribution in [1.82, 2.24) is 0 Å². The number of carbonyl (C=O) groups excluding carboxylic acids is 1. The van der Waals surface area contributed by atoms with E-state index in [1.165, 1.54) is 13.3 Å². The molecule has 0 fully saturated rings. The van der Waals surface area contributed by atoms with Gasteiger partial charge in [0.15, 0.2) is 6.29 Å². The van der Waals surface area contributed by atoms with E-state index in [2.05, 4.69) is 0 Å². The largest absolute Gasteiger partial charge is 0.355 e. The summed E-state index contributed by atoms with van der Waals surface area (Å²) >= 11 is 0. The predicted octanol–water partition coefficient (Wildman–Crippen LogP) is 1.63. The second-order valence-electron chi connectivity index (χ2n) is 3.18. The normalized spacial score (nSPS) is 17.1. The molecule has 0 aliphatic rings. The van der Waals surface area contributed by atoms with Gasteiger partial charge in [-0.1, -0.05) is 13.8 Å². The average molecular weight is 201 g/mol. The van der Waals surface area contributed by atoms with E-state index in [0.717, 1.165) is 12.7 Å². The van der Waals surface area contributed by atoms with Crippen molar-refractivity contribution >= 4 is 12.5 Å². The Morgan fingerprint density at radius 1 is 1.50 bits per heavy atom. The molecule has 14 heavy (non-hydrogen) atoms. The van der Waals surface area contributed by atoms with E-state index < -0.39 is 6.29 Å². The van der Waals surface area contributed by atoms with E-state index in [9.17, 15) is 4.79 Å². The Bertz CT molecular complexity index is 173. The first-order valence-electron chi connectivity index (χ1n) is 4.82. The first kappa shape index (κ1) is 13.3. The molecular formula is C10H19NO3. The van der Waals surface area contributed by atoms with Gasteiger partial charge in [-0.25, -0.2) is 0 Å². The number of methoxy groups -OCH3 is 1. The third-order valence-electron chi connectivity index (χ3n) is 2.10. The van der Waals surface area contributed by atoms with Crippen LogP contribution in [-0.4, -0.2) is 32.0 Å². The molecule has 0 saturated heterocycles. The highest BCUT2D eigenvalue weighted by molar-refractivity contribution is 5.54. The van der Waals surface area contributed by atoms with E-state index >= 15 is 0 Å². The summed E-state index contributed by atoms with van der Waals surface area (Å²) in [6.07, 6.45) is 2.76. The van der Waals surface area contributed by atoms with Crippen LogP contribution >= 0.6 is 0 Å². The molecule has 0 aromatic rings. The van der Waals surface area contributed by atoms with Crippen molar-refractivity contribution in [2.45, 2.75) is 39.1 Å². The molecule has 0 rings (SSSR count). The monoisotopic (exact) mass is 201 g/mol. The Kier molecular flexibility index (Phi) is 7.24. The molecular weight excluding hydrogens is 182 g/mol. The molecule has 0 aromatic heterocycles. The van der Waals surface area contributed by atoms with E-state index in [0.29, 0.717) is 6.42 Å². The van der Waals surface area contributed by atoms with Crippen molar-refractivity contribution in [3.8, 4) is 0 Å². The van der Waals surface area contributed by atoms with Crippen LogP contribution in [0.25, 0.3) is 0 Å². The van der Waals surface area contributed by atoms with Crippen molar-refractivity contribution in [2.24, 2.45) is 5.92 Å². The number of aldehydes is 1. The lowest BCUT2D eigenvalue weighted by Gasteiger charge is -2.24. The quantitative estimate of drug-likeness (QED) is 0.369. The summed E-state index contributed by atoms with van der Waals surface area (Å²) in [4.78, 5) is 10.6. The lowest BCUT2D eigenvalue weighted by Crippen LogP contribution is -2.29. The summed E-state index contributed by atoms with van der Waals surface area (Å²) in [5.41, 5.74) is 0. The average Bonchev–Trinajstić information content (AvgIpc) is 2.23. The lowest BCUT2D eigenvalue weighted by molar-refractivity contribution is -0.164. The van der Waals surface area contributed by atoms with Gasteiger partial charge in [-0.2, -0.15) is 0 Å². The summed E-state index contributed by atoms with van der Waals surface area (Å²) in [7, 11) is 1.53. The van der Waals surface area contributed by atoms with Crippen molar-refractivity contribution in [1.29, 1.82) is 5.41 Å². The van der Waals surface area contributed by atoms with E-state index in [-0.39, 0.29) is 12.0 Å². The summed E-state index contributed by atoms with van der Waals surface area (Å²) in [6, 6.07) is 0. The smallest absolute Gasteiger partial charge is 0.162 e. The molecule has 0 aromatic carbocycles. The molecule has 4 heteroatoms. The molecule has 0 amide bonds. The highest BCUT2D eigenvalue weighted by atomic mass is 16.7. The SMILES string of the molecule is CCC(OC(CC=N)OC)C(C)C=O. The molecule has 0 aliphatic carbocycles. The molecule has 3 atom stereocenters. The standard InChI is InChI=1S/C10H19NO3/c1-4-9(8(2)7-12)14-10(13-3)5-6-11/h6-11H,4-5H2,1-3H3. The van der Waals surface area contributed by atoms with Crippen molar-refractivity contribution < 1.29 is 14.3 Å². The van der Waals surface area contributed by atoms with Crippen molar-refractivity contribution in [2.75, 3.05) is 7.11 Å². The molecule has 0 bridgehead atoms. The zero-order valence-corrected chi connectivity index (χ0v) is 9.03. The summed E-state index contributed by atoms with van der Waals surface area (Å²) in [5, 5.41) is 6.94. The van der Waals surface area contributed by atoms with Crippen LogP contribution in [0.5, 0.6) is 0 Å². The maximum absolute atomic E-state index is 10.6. The van der Waals surface area contributed by atoms with Crippen LogP contribution in [0.15, 0.2) is 0 Å². The van der Waals surface area contributed by atoms with Crippen LogP contribution in [0.1, 0.15) is 26.7 Å². The Balaban J connectivity index is 4.12. The second-order valence-corrected chi connectivity index (χ2v) is 3.18. The highest BCUT2D eigenvalue weighted by Gasteiger charge is 2.19. The third kappa shape index (κ3) is 4.48. The molecule has 3 unspecified atom stereocenters.